The molecule has 2 nitrogen and oxygen atoms in total. The van der Waals surface area contributed by atoms with E-state index in [1.165, 1.54) is 141 Å². The SMILES string of the molecule is CC1CCC(N(C2CCC(C(C)(C)C)CC2)C2C3CCC(C(C)(C)C)CC3C(N(C3CCC(C)CC3)C3CCC(C(C)(C)C)CC3)C3CC(C(C)(C)C)CCC32)CC1. The van der Waals surface area contributed by atoms with Gasteiger partial charge in [-0.15, -0.1) is 0 Å². The van der Waals surface area contributed by atoms with Crippen molar-refractivity contribution in [1.82, 2.24) is 9.80 Å². The van der Waals surface area contributed by atoms with Crippen LogP contribution in [-0.4, -0.2) is 46.1 Å². The van der Waals surface area contributed by atoms with Crippen LogP contribution in [0.5, 0.6) is 0 Å². The summed E-state index contributed by atoms with van der Waals surface area (Å²) >= 11 is 0. The topological polar surface area (TPSA) is 6.48 Å². The lowest BCUT2D eigenvalue weighted by atomic mass is 9.49. The summed E-state index contributed by atoms with van der Waals surface area (Å²) in [5.41, 5.74) is 1.71. The summed E-state index contributed by atoms with van der Waals surface area (Å²) < 4.78 is 0. The molecule has 0 aromatic carbocycles. The Hall–Kier alpha value is -0.0800. The summed E-state index contributed by atoms with van der Waals surface area (Å²) in [6.45, 7) is 36.2. The van der Waals surface area contributed by atoms with Gasteiger partial charge >= 0.3 is 0 Å². The first-order valence-corrected chi connectivity index (χ1v) is 26.7. The van der Waals surface area contributed by atoms with Gasteiger partial charge in [-0.3, -0.25) is 9.80 Å². The molecule has 6 atom stereocenters. The van der Waals surface area contributed by atoms with E-state index in [0.29, 0.717) is 21.7 Å². The monoisotopic (exact) mass is 803 g/mol. The van der Waals surface area contributed by atoms with Crippen LogP contribution in [0.15, 0.2) is 0 Å². The fourth-order valence-corrected chi connectivity index (χ4v) is 16.3. The quantitative estimate of drug-likeness (QED) is 0.264. The van der Waals surface area contributed by atoms with Crippen LogP contribution >= 0.6 is 0 Å². The van der Waals surface area contributed by atoms with E-state index in [9.17, 15) is 0 Å². The van der Waals surface area contributed by atoms with Crippen molar-refractivity contribution in [3.63, 3.8) is 0 Å². The summed E-state index contributed by atoms with van der Waals surface area (Å²) in [6, 6.07) is 4.93. The van der Waals surface area contributed by atoms with Crippen LogP contribution in [0.2, 0.25) is 0 Å². The maximum Gasteiger partial charge on any atom is 0.0164 e. The molecule has 0 aliphatic heterocycles. The molecule has 7 saturated carbocycles. The van der Waals surface area contributed by atoms with Crippen molar-refractivity contribution in [2.45, 2.75) is 274 Å². The largest absolute Gasteiger partial charge is 0.294 e. The fraction of sp³-hybridized carbons (Fsp3) is 1.00. The van der Waals surface area contributed by atoms with Gasteiger partial charge in [0.2, 0.25) is 0 Å². The highest BCUT2D eigenvalue weighted by Crippen LogP contribution is 2.61. The summed E-state index contributed by atoms with van der Waals surface area (Å²) in [5.74, 6) is 8.92. The Morgan fingerprint density at radius 1 is 0.276 bits per heavy atom. The van der Waals surface area contributed by atoms with E-state index in [0.717, 1.165) is 95.4 Å². The molecule has 0 N–H and O–H groups in total. The smallest absolute Gasteiger partial charge is 0.0164 e. The van der Waals surface area contributed by atoms with Gasteiger partial charge in [0.05, 0.1) is 0 Å². The number of nitrogens with zero attached hydrogens (tertiary/aromatic N) is 2. The zero-order valence-corrected chi connectivity index (χ0v) is 41.7. The van der Waals surface area contributed by atoms with E-state index in [1.54, 1.807) is 0 Å². The highest BCUT2D eigenvalue weighted by Gasteiger charge is 2.60. The Kier molecular flexibility index (Phi) is 14.1. The van der Waals surface area contributed by atoms with Crippen LogP contribution in [0.25, 0.3) is 0 Å². The van der Waals surface area contributed by atoms with Gasteiger partial charge in [-0.1, -0.05) is 96.9 Å². The van der Waals surface area contributed by atoms with Gasteiger partial charge in [0, 0.05) is 36.3 Å². The second kappa shape index (κ2) is 17.8. The van der Waals surface area contributed by atoms with E-state index in [4.69, 9.17) is 0 Å². The molecule has 0 aromatic rings. The van der Waals surface area contributed by atoms with E-state index in [2.05, 4.69) is 107 Å². The minimum Gasteiger partial charge on any atom is -0.294 e. The van der Waals surface area contributed by atoms with E-state index >= 15 is 0 Å². The van der Waals surface area contributed by atoms with E-state index in [-0.39, 0.29) is 0 Å². The first-order chi connectivity index (χ1) is 27.1. The first-order valence-electron chi connectivity index (χ1n) is 26.7. The predicted molar refractivity (Wildman–Crippen MR) is 252 cm³/mol. The Balaban J connectivity index is 1.33. The lowest BCUT2D eigenvalue weighted by molar-refractivity contribution is -0.167. The number of fused-ring (bicyclic) bond motifs is 2. The van der Waals surface area contributed by atoms with E-state index in [1.807, 2.05) is 0 Å². The highest BCUT2D eigenvalue weighted by molar-refractivity contribution is 5.13. The second-order valence-electron chi connectivity index (χ2n) is 27.9. The average Bonchev–Trinajstić information content (AvgIpc) is 3.15. The van der Waals surface area contributed by atoms with Crippen molar-refractivity contribution in [3.05, 3.63) is 0 Å². The molecule has 58 heavy (non-hydrogen) atoms. The summed E-state index contributed by atoms with van der Waals surface area (Å²) in [5, 5.41) is 0. The first kappa shape index (κ1) is 45.9. The highest BCUT2D eigenvalue weighted by atomic mass is 15.3. The molecular weight excluding hydrogens is 701 g/mol. The molecule has 0 saturated heterocycles. The van der Waals surface area contributed by atoms with Crippen molar-refractivity contribution >= 4 is 0 Å². The normalized spacial score (nSPS) is 43.9. The van der Waals surface area contributed by atoms with Crippen molar-refractivity contribution < 1.29 is 0 Å². The van der Waals surface area contributed by atoms with Crippen LogP contribution in [0.3, 0.4) is 0 Å². The lowest BCUT2D eigenvalue weighted by Gasteiger charge is -2.66. The Morgan fingerprint density at radius 2 is 0.517 bits per heavy atom. The summed E-state index contributed by atoms with van der Waals surface area (Å²) in [6.07, 6.45) is 32.6. The fourth-order valence-electron chi connectivity index (χ4n) is 16.3. The third-order valence-electron chi connectivity index (χ3n) is 20.3. The molecule has 2 heteroatoms. The minimum absolute atomic E-state index is 0.406. The summed E-state index contributed by atoms with van der Waals surface area (Å²) in [7, 11) is 0. The van der Waals surface area contributed by atoms with Gasteiger partial charge in [-0.2, -0.15) is 0 Å². The van der Waals surface area contributed by atoms with Gasteiger partial charge in [0.15, 0.2) is 0 Å². The minimum atomic E-state index is 0.406. The molecule has 0 aromatic heterocycles. The maximum absolute atomic E-state index is 3.51. The number of hydrogen-bond acceptors (Lipinski definition) is 2. The molecule has 0 radical (unpaired) electrons. The molecule has 7 rings (SSSR count). The lowest BCUT2D eigenvalue weighted by Crippen LogP contribution is -2.70. The van der Waals surface area contributed by atoms with Gasteiger partial charge in [0.1, 0.15) is 0 Å². The van der Waals surface area contributed by atoms with Crippen LogP contribution in [0.1, 0.15) is 238 Å². The third kappa shape index (κ3) is 9.99. The molecule has 0 spiro atoms. The molecule has 0 heterocycles. The van der Waals surface area contributed by atoms with Crippen LogP contribution in [-0.2, 0) is 0 Å². The molecule has 7 aliphatic rings. The third-order valence-corrected chi connectivity index (χ3v) is 20.3. The van der Waals surface area contributed by atoms with Gasteiger partial charge < -0.3 is 0 Å². The molecule has 0 amide bonds. The molecule has 336 valence electrons. The standard InChI is InChI=1S/C56H102N2/c1-37-15-25-43(26-16-37)57(45-29-19-39(20-30-45)53(3,4)5)51-47-33-23-41(55(9,10)11)35-49(47)52(50-36-42(56(12,13)14)24-34-48(50)51)58(44-27-17-38(2)18-28-44)46-31-21-40(22-32-46)54(6,7)8/h37-52H,15-36H2,1-14H3. The van der Waals surface area contributed by atoms with Crippen molar-refractivity contribution in [3.8, 4) is 0 Å². The molecule has 0 bridgehead atoms. The van der Waals surface area contributed by atoms with Crippen LogP contribution in [0, 0.1) is 80.8 Å². The molecule has 7 aliphatic carbocycles. The molecular formula is C56H102N2. The van der Waals surface area contributed by atoms with Crippen LogP contribution in [0.4, 0.5) is 0 Å². The number of rotatable bonds is 6. The van der Waals surface area contributed by atoms with Gasteiger partial charge in [0.25, 0.3) is 0 Å². The molecule has 7 fully saturated rings. The van der Waals surface area contributed by atoms with Crippen molar-refractivity contribution in [1.29, 1.82) is 0 Å². The Labute approximate surface area is 363 Å². The average molecular weight is 803 g/mol. The van der Waals surface area contributed by atoms with Crippen molar-refractivity contribution in [2.75, 3.05) is 0 Å². The van der Waals surface area contributed by atoms with Gasteiger partial charge in [-0.05, 0) is 222 Å². The number of hydrogen-bond donors (Lipinski definition) is 0. The Bertz CT molecular complexity index is 1230. The Morgan fingerprint density at radius 3 is 0.793 bits per heavy atom. The summed E-state index contributed by atoms with van der Waals surface area (Å²) in [4.78, 5) is 7.00. The molecule has 6 unspecified atom stereocenters. The van der Waals surface area contributed by atoms with Crippen LogP contribution < -0.4 is 0 Å². The zero-order chi connectivity index (χ0) is 41.9. The van der Waals surface area contributed by atoms with Crippen molar-refractivity contribution in [2.24, 2.45) is 80.8 Å². The maximum atomic E-state index is 3.51. The van der Waals surface area contributed by atoms with Gasteiger partial charge in [-0.25, -0.2) is 0 Å². The zero-order valence-electron chi connectivity index (χ0n) is 41.7. The predicted octanol–water partition coefficient (Wildman–Crippen LogP) is 15.9. The van der Waals surface area contributed by atoms with E-state index < -0.39 is 0 Å². The second-order valence-corrected chi connectivity index (χ2v) is 27.9.